The van der Waals surface area contributed by atoms with E-state index in [2.05, 4.69) is 38.0 Å². The van der Waals surface area contributed by atoms with Crippen LogP contribution in [0.5, 0.6) is 0 Å². The van der Waals surface area contributed by atoms with E-state index in [9.17, 15) is 4.79 Å². The zero-order chi connectivity index (χ0) is 21.8. The SMILES string of the molecule is O=C(Cc1c[nH]c2ccccc12)N1CCC(N(Cc2cccnc2)C2CCOCC2)CC1. The topological polar surface area (TPSA) is 61.5 Å². The Labute approximate surface area is 189 Å². The van der Waals surface area contributed by atoms with E-state index in [1.165, 1.54) is 5.56 Å². The molecule has 2 aliphatic rings. The lowest BCUT2D eigenvalue weighted by molar-refractivity contribution is -0.132. The number of amides is 1. The first-order valence-electron chi connectivity index (χ1n) is 11.8. The fraction of sp³-hybridized carbons (Fsp3) is 0.462. The van der Waals surface area contributed by atoms with Crippen LogP contribution in [0.3, 0.4) is 0 Å². The van der Waals surface area contributed by atoms with E-state index in [0.717, 1.165) is 75.0 Å². The number of benzene rings is 1. The van der Waals surface area contributed by atoms with Gasteiger partial charge in [-0.2, -0.15) is 0 Å². The van der Waals surface area contributed by atoms with Crippen LogP contribution in [0, 0.1) is 0 Å². The number of nitrogens with one attached hydrogen (secondary N) is 1. The molecule has 1 aromatic carbocycles. The lowest BCUT2D eigenvalue weighted by Gasteiger charge is -2.43. The van der Waals surface area contributed by atoms with Gasteiger partial charge in [-0.25, -0.2) is 0 Å². The van der Waals surface area contributed by atoms with Crippen LogP contribution in [0.1, 0.15) is 36.8 Å². The summed E-state index contributed by atoms with van der Waals surface area (Å²) in [5, 5.41) is 1.15. The van der Waals surface area contributed by atoms with E-state index in [-0.39, 0.29) is 5.91 Å². The number of aromatic amines is 1. The molecule has 1 N–H and O–H groups in total. The van der Waals surface area contributed by atoms with Crippen LogP contribution >= 0.6 is 0 Å². The minimum Gasteiger partial charge on any atom is -0.381 e. The van der Waals surface area contributed by atoms with E-state index in [4.69, 9.17) is 4.74 Å². The Morgan fingerprint density at radius 1 is 1.06 bits per heavy atom. The van der Waals surface area contributed by atoms with Gasteiger partial charge in [0.25, 0.3) is 0 Å². The fourth-order valence-corrected chi connectivity index (χ4v) is 5.28. The second-order valence-corrected chi connectivity index (χ2v) is 9.03. The highest BCUT2D eigenvalue weighted by Gasteiger charge is 2.32. The van der Waals surface area contributed by atoms with Crippen molar-refractivity contribution < 1.29 is 9.53 Å². The quantitative estimate of drug-likeness (QED) is 0.644. The highest BCUT2D eigenvalue weighted by Crippen LogP contribution is 2.26. The summed E-state index contributed by atoms with van der Waals surface area (Å²) in [6.45, 7) is 4.27. The number of rotatable bonds is 6. The molecule has 4 heterocycles. The molecule has 5 rings (SSSR count). The Bertz CT molecular complexity index is 1020. The summed E-state index contributed by atoms with van der Waals surface area (Å²) in [5.41, 5.74) is 3.45. The number of nitrogens with zero attached hydrogens (tertiary/aromatic N) is 3. The van der Waals surface area contributed by atoms with E-state index < -0.39 is 0 Å². The predicted octanol–water partition coefficient (Wildman–Crippen LogP) is 3.78. The van der Waals surface area contributed by atoms with Gasteiger partial charge in [-0.15, -0.1) is 0 Å². The number of carbonyl (C=O) groups excluding carboxylic acids is 1. The number of ether oxygens (including phenoxy) is 1. The van der Waals surface area contributed by atoms with Crippen molar-refractivity contribution >= 4 is 16.8 Å². The summed E-state index contributed by atoms with van der Waals surface area (Å²) in [4.78, 5) is 25.4. The molecule has 1 amide bonds. The number of hydrogen-bond donors (Lipinski definition) is 1. The Balaban J connectivity index is 1.22. The van der Waals surface area contributed by atoms with Gasteiger partial charge < -0.3 is 14.6 Å². The normalized spacial score (nSPS) is 18.5. The fourth-order valence-electron chi connectivity index (χ4n) is 5.28. The summed E-state index contributed by atoms with van der Waals surface area (Å²) in [6.07, 6.45) is 10.5. The first-order valence-corrected chi connectivity index (χ1v) is 11.8. The molecular formula is C26H32N4O2. The number of fused-ring (bicyclic) bond motifs is 1. The summed E-state index contributed by atoms with van der Waals surface area (Å²) in [7, 11) is 0. The Hall–Kier alpha value is -2.70. The number of hydrogen-bond acceptors (Lipinski definition) is 4. The summed E-state index contributed by atoms with van der Waals surface area (Å²) >= 11 is 0. The maximum atomic E-state index is 13.1. The molecule has 6 heteroatoms. The van der Waals surface area contributed by atoms with Crippen molar-refractivity contribution in [1.82, 2.24) is 19.8 Å². The molecule has 0 bridgehead atoms. The molecule has 0 aliphatic carbocycles. The third-order valence-electron chi connectivity index (χ3n) is 7.05. The van der Waals surface area contributed by atoms with Crippen molar-refractivity contribution in [1.29, 1.82) is 0 Å². The number of piperidine rings is 1. The molecular weight excluding hydrogens is 400 g/mol. The van der Waals surface area contributed by atoms with Gasteiger partial charge in [0.2, 0.25) is 5.91 Å². The largest absolute Gasteiger partial charge is 0.381 e. The third-order valence-corrected chi connectivity index (χ3v) is 7.05. The number of carbonyl (C=O) groups is 1. The zero-order valence-corrected chi connectivity index (χ0v) is 18.6. The highest BCUT2D eigenvalue weighted by atomic mass is 16.5. The van der Waals surface area contributed by atoms with Crippen LogP contribution in [0.15, 0.2) is 55.0 Å². The molecule has 0 saturated carbocycles. The monoisotopic (exact) mass is 432 g/mol. The number of pyridine rings is 1. The van der Waals surface area contributed by atoms with Gasteiger partial charge in [0.15, 0.2) is 0 Å². The first kappa shape index (κ1) is 21.2. The summed E-state index contributed by atoms with van der Waals surface area (Å²) in [6, 6.07) is 13.4. The number of H-pyrrole nitrogens is 1. The van der Waals surface area contributed by atoms with Crippen molar-refractivity contribution in [2.75, 3.05) is 26.3 Å². The van der Waals surface area contributed by atoms with Gasteiger partial charge in [0.05, 0.1) is 6.42 Å². The highest BCUT2D eigenvalue weighted by molar-refractivity contribution is 5.88. The van der Waals surface area contributed by atoms with Gasteiger partial charge >= 0.3 is 0 Å². The molecule has 0 atom stereocenters. The van der Waals surface area contributed by atoms with E-state index >= 15 is 0 Å². The maximum absolute atomic E-state index is 13.1. The zero-order valence-electron chi connectivity index (χ0n) is 18.6. The molecule has 3 aromatic rings. The number of para-hydroxylation sites is 1. The second kappa shape index (κ2) is 9.84. The van der Waals surface area contributed by atoms with Crippen LogP contribution in [0.4, 0.5) is 0 Å². The van der Waals surface area contributed by atoms with Crippen molar-refractivity contribution in [2.45, 2.75) is 50.7 Å². The van der Waals surface area contributed by atoms with Crippen LogP contribution < -0.4 is 0 Å². The van der Waals surface area contributed by atoms with Crippen molar-refractivity contribution in [3.05, 3.63) is 66.1 Å². The molecule has 168 valence electrons. The molecule has 2 aromatic heterocycles. The van der Waals surface area contributed by atoms with E-state index in [0.29, 0.717) is 18.5 Å². The Morgan fingerprint density at radius 2 is 1.84 bits per heavy atom. The summed E-state index contributed by atoms with van der Waals surface area (Å²) in [5.74, 6) is 0.234. The number of aromatic nitrogens is 2. The van der Waals surface area contributed by atoms with Crippen molar-refractivity contribution in [3.8, 4) is 0 Å². The van der Waals surface area contributed by atoms with Crippen molar-refractivity contribution in [2.24, 2.45) is 0 Å². The first-order chi connectivity index (χ1) is 15.8. The smallest absolute Gasteiger partial charge is 0.227 e. The molecule has 32 heavy (non-hydrogen) atoms. The molecule has 2 saturated heterocycles. The third kappa shape index (κ3) is 4.71. The standard InChI is InChI=1S/C26H32N4O2/c31-26(16-21-18-28-25-6-2-1-5-24(21)25)29-12-7-22(8-13-29)30(23-9-14-32-15-10-23)19-20-4-3-11-27-17-20/h1-6,11,17-18,22-23,28H,7-10,12-16,19H2. The van der Waals surface area contributed by atoms with Gasteiger partial charge in [0, 0.05) is 74.4 Å². The Kier molecular flexibility index (Phi) is 6.51. The van der Waals surface area contributed by atoms with Crippen molar-refractivity contribution in [3.63, 3.8) is 0 Å². The van der Waals surface area contributed by atoms with E-state index in [1.807, 2.05) is 36.8 Å². The maximum Gasteiger partial charge on any atom is 0.227 e. The van der Waals surface area contributed by atoms with Crippen LogP contribution in [0.2, 0.25) is 0 Å². The Morgan fingerprint density at radius 3 is 2.62 bits per heavy atom. The molecule has 2 fully saturated rings. The second-order valence-electron chi connectivity index (χ2n) is 9.03. The lowest BCUT2D eigenvalue weighted by Crippen LogP contribution is -2.51. The predicted molar refractivity (Wildman–Crippen MR) is 125 cm³/mol. The molecule has 0 unspecified atom stereocenters. The average Bonchev–Trinajstić information content (AvgIpc) is 3.26. The van der Waals surface area contributed by atoms with Crippen LogP contribution in [-0.2, 0) is 22.5 Å². The van der Waals surface area contributed by atoms with Gasteiger partial charge in [0.1, 0.15) is 0 Å². The minimum atomic E-state index is 0.234. The van der Waals surface area contributed by atoms with Gasteiger partial charge in [-0.3, -0.25) is 14.7 Å². The molecule has 0 spiro atoms. The average molecular weight is 433 g/mol. The molecule has 2 aliphatic heterocycles. The number of likely N-dealkylation sites (tertiary alicyclic amines) is 1. The van der Waals surface area contributed by atoms with Gasteiger partial charge in [-0.1, -0.05) is 24.3 Å². The molecule has 6 nitrogen and oxygen atoms in total. The minimum absolute atomic E-state index is 0.234. The van der Waals surface area contributed by atoms with Crippen LogP contribution in [-0.4, -0.2) is 64.1 Å². The molecule has 0 radical (unpaired) electrons. The van der Waals surface area contributed by atoms with Crippen LogP contribution in [0.25, 0.3) is 10.9 Å². The summed E-state index contributed by atoms with van der Waals surface area (Å²) < 4.78 is 5.62. The van der Waals surface area contributed by atoms with Gasteiger partial charge in [-0.05, 0) is 48.9 Å². The van der Waals surface area contributed by atoms with E-state index in [1.54, 1.807) is 0 Å². The lowest BCUT2D eigenvalue weighted by atomic mass is 9.96.